The lowest BCUT2D eigenvalue weighted by Gasteiger charge is -2.41. The highest BCUT2D eigenvalue weighted by Crippen LogP contribution is 2.42. The summed E-state index contributed by atoms with van der Waals surface area (Å²) in [7, 11) is -3.88. The Morgan fingerprint density at radius 1 is 1.00 bits per heavy atom. The zero-order chi connectivity index (χ0) is 25.2. The Labute approximate surface area is 207 Å². The molecule has 184 valence electrons. The van der Waals surface area contributed by atoms with Gasteiger partial charge in [-0.2, -0.15) is 0 Å². The molecule has 0 saturated heterocycles. The molecule has 1 atom stereocenters. The summed E-state index contributed by atoms with van der Waals surface area (Å²) in [5, 5.41) is 3.14. The van der Waals surface area contributed by atoms with Crippen LogP contribution in [0.15, 0.2) is 71.6 Å². The van der Waals surface area contributed by atoms with Crippen LogP contribution in [0.4, 0.5) is 5.69 Å². The first kappa shape index (κ1) is 24.8. The molecule has 0 fully saturated rings. The van der Waals surface area contributed by atoms with Crippen molar-refractivity contribution >= 4 is 21.6 Å². The number of para-hydroxylation sites is 1. The Morgan fingerprint density at radius 2 is 1.74 bits per heavy atom. The summed E-state index contributed by atoms with van der Waals surface area (Å²) in [6.07, 6.45) is 2.29. The number of rotatable bonds is 7. The van der Waals surface area contributed by atoms with Crippen LogP contribution >= 0.6 is 0 Å². The van der Waals surface area contributed by atoms with E-state index in [4.69, 9.17) is 4.74 Å². The van der Waals surface area contributed by atoms with E-state index in [9.17, 15) is 13.2 Å². The van der Waals surface area contributed by atoms with E-state index in [-0.39, 0.29) is 22.4 Å². The predicted molar refractivity (Wildman–Crippen MR) is 138 cm³/mol. The van der Waals surface area contributed by atoms with Crippen LogP contribution in [-0.2, 0) is 10.0 Å². The van der Waals surface area contributed by atoms with Crippen molar-refractivity contribution in [3.8, 4) is 5.75 Å². The highest BCUT2D eigenvalue weighted by atomic mass is 32.2. The van der Waals surface area contributed by atoms with Crippen molar-refractivity contribution in [2.45, 2.75) is 63.5 Å². The van der Waals surface area contributed by atoms with Gasteiger partial charge in [-0.1, -0.05) is 50.2 Å². The van der Waals surface area contributed by atoms with Gasteiger partial charge in [-0.25, -0.2) is 8.42 Å². The van der Waals surface area contributed by atoms with Gasteiger partial charge >= 0.3 is 0 Å². The zero-order valence-corrected chi connectivity index (χ0v) is 21.4. The van der Waals surface area contributed by atoms with E-state index in [2.05, 4.69) is 23.9 Å². The lowest BCUT2D eigenvalue weighted by atomic mass is 9.83. The van der Waals surface area contributed by atoms with Crippen LogP contribution in [-0.4, -0.2) is 19.9 Å². The Morgan fingerprint density at radius 3 is 2.46 bits per heavy atom. The smallest absolute Gasteiger partial charge is 0.262 e. The molecule has 1 amide bonds. The second-order valence-corrected chi connectivity index (χ2v) is 10.9. The Hall–Kier alpha value is -3.32. The summed E-state index contributed by atoms with van der Waals surface area (Å²) < 4.78 is 35.3. The molecule has 0 spiro atoms. The number of nitrogens with one attached hydrogen (secondary N) is 2. The minimum atomic E-state index is -3.88. The fraction of sp³-hybridized carbons (Fsp3) is 0.321. The number of carbonyl (C=O) groups excluding carboxylic acids is 1. The molecular weight excluding hydrogens is 460 g/mol. The number of sulfonamides is 1. The van der Waals surface area contributed by atoms with Crippen molar-refractivity contribution in [1.82, 2.24) is 5.32 Å². The molecule has 0 aromatic heterocycles. The van der Waals surface area contributed by atoms with E-state index >= 15 is 0 Å². The first-order chi connectivity index (χ1) is 16.7. The highest BCUT2D eigenvalue weighted by Gasteiger charge is 2.39. The van der Waals surface area contributed by atoms with Crippen molar-refractivity contribution in [3.63, 3.8) is 0 Å². The van der Waals surface area contributed by atoms with Gasteiger partial charge in [-0.05, 0) is 68.1 Å². The third kappa shape index (κ3) is 5.20. The van der Waals surface area contributed by atoms with Crippen LogP contribution in [0.1, 0.15) is 66.2 Å². The number of hydrogen-bond acceptors (Lipinski definition) is 4. The maximum Gasteiger partial charge on any atom is 0.262 e. The minimum absolute atomic E-state index is 0.0792. The van der Waals surface area contributed by atoms with Gasteiger partial charge in [-0.3, -0.25) is 9.52 Å². The lowest BCUT2D eigenvalue weighted by Crippen LogP contribution is -2.44. The minimum Gasteiger partial charge on any atom is -0.487 e. The molecular formula is C28H32N2O4S. The number of amides is 1. The van der Waals surface area contributed by atoms with Gasteiger partial charge in [0.1, 0.15) is 11.4 Å². The van der Waals surface area contributed by atoms with Gasteiger partial charge < -0.3 is 10.1 Å². The molecule has 2 N–H and O–H groups in total. The van der Waals surface area contributed by atoms with Crippen LogP contribution in [0.3, 0.4) is 0 Å². The van der Waals surface area contributed by atoms with Gasteiger partial charge in [0.25, 0.3) is 15.9 Å². The van der Waals surface area contributed by atoms with Crippen LogP contribution in [0.5, 0.6) is 5.75 Å². The van der Waals surface area contributed by atoms with Crippen molar-refractivity contribution in [1.29, 1.82) is 0 Å². The summed E-state index contributed by atoms with van der Waals surface area (Å²) in [6.45, 7) is 7.80. The molecule has 0 radical (unpaired) electrons. The second-order valence-electron chi connectivity index (χ2n) is 9.22. The van der Waals surface area contributed by atoms with E-state index < -0.39 is 10.0 Å². The average molecular weight is 493 g/mol. The standard InChI is InChI=1S/C28H32N2O4S/c1-5-28(6-2)18-24(23-12-7-8-13-25(23)34-28)29-27(31)21-15-14-20(4)26(17-21)35(32,33)30-22-11-9-10-19(3)16-22/h7-17,24,30H,5-6,18H2,1-4H3,(H,29,31)/t24-/m1/s1. The largest absolute Gasteiger partial charge is 0.487 e. The molecule has 7 heteroatoms. The molecule has 0 saturated carbocycles. The topological polar surface area (TPSA) is 84.5 Å². The maximum absolute atomic E-state index is 13.3. The maximum atomic E-state index is 13.3. The van der Waals surface area contributed by atoms with Gasteiger partial charge in [-0.15, -0.1) is 0 Å². The summed E-state index contributed by atoms with van der Waals surface area (Å²) in [4.78, 5) is 13.4. The van der Waals surface area contributed by atoms with Crippen LogP contribution < -0.4 is 14.8 Å². The van der Waals surface area contributed by atoms with Gasteiger partial charge in [0.05, 0.1) is 10.9 Å². The van der Waals surface area contributed by atoms with Gasteiger partial charge in [0, 0.05) is 23.2 Å². The Bertz CT molecular complexity index is 1350. The average Bonchev–Trinajstić information content (AvgIpc) is 2.83. The Kier molecular flexibility index (Phi) is 6.90. The van der Waals surface area contributed by atoms with Crippen LogP contribution in [0, 0.1) is 13.8 Å². The fourth-order valence-electron chi connectivity index (χ4n) is 4.62. The molecule has 3 aromatic carbocycles. The molecule has 1 aliphatic rings. The fourth-order valence-corrected chi connectivity index (χ4v) is 5.94. The van der Waals surface area contributed by atoms with Crippen LogP contribution in [0.25, 0.3) is 0 Å². The highest BCUT2D eigenvalue weighted by molar-refractivity contribution is 7.92. The number of anilines is 1. The monoisotopic (exact) mass is 492 g/mol. The Balaban J connectivity index is 1.62. The van der Waals surface area contributed by atoms with Crippen molar-refractivity contribution in [3.05, 3.63) is 89.0 Å². The second kappa shape index (κ2) is 9.74. The SMILES string of the molecule is CCC1(CC)C[C@@H](NC(=O)c2ccc(C)c(S(=O)(=O)Nc3cccc(C)c3)c2)c2ccccc2O1. The van der Waals surface area contributed by atoms with Crippen molar-refractivity contribution < 1.29 is 17.9 Å². The molecule has 3 aromatic rings. The number of fused-ring (bicyclic) bond motifs is 1. The summed E-state index contributed by atoms with van der Waals surface area (Å²) in [5.74, 6) is 0.460. The lowest BCUT2D eigenvalue weighted by molar-refractivity contribution is 0.0227. The number of ether oxygens (including phenoxy) is 1. The molecule has 6 nitrogen and oxygen atoms in total. The first-order valence-corrected chi connectivity index (χ1v) is 13.4. The van der Waals surface area contributed by atoms with E-state index in [1.54, 1.807) is 37.3 Å². The number of hydrogen-bond donors (Lipinski definition) is 2. The summed E-state index contributed by atoms with van der Waals surface area (Å²) >= 11 is 0. The van der Waals surface area contributed by atoms with E-state index in [0.717, 1.165) is 29.7 Å². The molecule has 0 aliphatic carbocycles. The van der Waals surface area contributed by atoms with E-state index in [0.29, 0.717) is 23.2 Å². The molecule has 0 bridgehead atoms. The van der Waals surface area contributed by atoms with Crippen molar-refractivity contribution in [2.24, 2.45) is 0 Å². The quantitative estimate of drug-likeness (QED) is 0.429. The van der Waals surface area contributed by atoms with E-state index in [1.807, 2.05) is 37.3 Å². The molecule has 35 heavy (non-hydrogen) atoms. The third-order valence-electron chi connectivity index (χ3n) is 6.80. The van der Waals surface area contributed by atoms with Crippen LogP contribution in [0.2, 0.25) is 0 Å². The van der Waals surface area contributed by atoms with Gasteiger partial charge in [0.15, 0.2) is 0 Å². The first-order valence-electron chi connectivity index (χ1n) is 12.0. The molecule has 1 aliphatic heterocycles. The number of benzene rings is 3. The summed E-state index contributed by atoms with van der Waals surface area (Å²) in [6, 6.07) is 19.4. The number of carbonyl (C=O) groups is 1. The third-order valence-corrected chi connectivity index (χ3v) is 8.32. The molecule has 1 heterocycles. The number of aryl methyl sites for hydroxylation is 2. The normalized spacial score (nSPS) is 16.6. The molecule has 4 rings (SSSR count). The molecule has 0 unspecified atom stereocenters. The van der Waals surface area contributed by atoms with Gasteiger partial charge in [0.2, 0.25) is 0 Å². The van der Waals surface area contributed by atoms with E-state index in [1.165, 1.54) is 6.07 Å². The van der Waals surface area contributed by atoms with Crippen molar-refractivity contribution in [2.75, 3.05) is 4.72 Å². The predicted octanol–water partition coefficient (Wildman–Crippen LogP) is 5.92. The summed E-state index contributed by atoms with van der Waals surface area (Å²) in [5.41, 5.74) is 2.86. The zero-order valence-electron chi connectivity index (χ0n) is 20.6.